The van der Waals surface area contributed by atoms with Crippen molar-refractivity contribution in [3.05, 3.63) is 47.3 Å². The van der Waals surface area contributed by atoms with Crippen LogP contribution in [0.15, 0.2) is 36.9 Å². The van der Waals surface area contributed by atoms with Gasteiger partial charge in [0.2, 0.25) is 0 Å². The van der Waals surface area contributed by atoms with Gasteiger partial charge in [-0.3, -0.25) is 14.3 Å². The van der Waals surface area contributed by atoms with Gasteiger partial charge in [0.1, 0.15) is 0 Å². The molecule has 30 heavy (non-hydrogen) atoms. The Labute approximate surface area is 184 Å². The molecule has 2 aromatic rings. The first-order valence-electron chi connectivity index (χ1n) is 10.4. The van der Waals surface area contributed by atoms with E-state index in [9.17, 15) is 4.79 Å². The Morgan fingerprint density at radius 1 is 1.27 bits per heavy atom. The third-order valence-electron chi connectivity index (χ3n) is 5.70. The van der Waals surface area contributed by atoms with Crippen molar-refractivity contribution in [3.63, 3.8) is 0 Å². The third-order valence-corrected chi connectivity index (χ3v) is 6.13. The van der Waals surface area contributed by atoms with Gasteiger partial charge >= 0.3 is 5.97 Å². The van der Waals surface area contributed by atoms with Gasteiger partial charge < -0.3 is 4.74 Å². The number of hydrogen-bond donors (Lipinski definition) is 0. The molecule has 2 heterocycles. The van der Waals surface area contributed by atoms with Gasteiger partial charge in [-0.2, -0.15) is 5.10 Å². The number of benzene rings is 1. The molecule has 0 amide bonds. The van der Waals surface area contributed by atoms with Crippen LogP contribution in [0.4, 0.5) is 0 Å². The fourth-order valence-corrected chi connectivity index (χ4v) is 4.09. The summed E-state index contributed by atoms with van der Waals surface area (Å²) in [7, 11) is 1.45. The molecule has 0 unspecified atom stereocenters. The first-order valence-corrected chi connectivity index (χ1v) is 10.8. The lowest BCUT2D eigenvalue weighted by Gasteiger charge is -2.30. The minimum absolute atomic E-state index is 0.00515. The molecule has 1 aromatic carbocycles. The van der Waals surface area contributed by atoms with E-state index in [2.05, 4.69) is 56.5 Å². The van der Waals surface area contributed by atoms with Crippen molar-refractivity contribution >= 4 is 18.2 Å². The molecule has 0 N–H and O–H groups in total. The zero-order chi connectivity index (χ0) is 21.9. The van der Waals surface area contributed by atoms with E-state index in [1.165, 1.54) is 12.7 Å². The molecule has 0 atom stereocenters. The summed E-state index contributed by atoms with van der Waals surface area (Å²) in [5.41, 5.74) is 2.43. The molecular formula is C23H32N4O2S. The number of ether oxygens (including phenoxy) is 1. The lowest BCUT2D eigenvalue weighted by Crippen LogP contribution is -2.38. The highest BCUT2D eigenvalue weighted by Crippen LogP contribution is 2.26. The zero-order valence-corrected chi connectivity index (χ0v) is 19.2. The third kappa shape index (κ3) is 4.90. The average Bonchev–Trinajstić information content (AvgIpc) is 3.03. The molecule has 1 aliphatic rings. The van der Waals surface area contributed by atoms with Crippen LogP contribution in [0.25, 0.3) is 11.4 Å². The van der Waals surface area contributed by atoms with Gasteiger partial charge in [0.15, 0.2) is 10.6 Å². The van der Waals surface area contributed by atoms with Crippen molar-refractivity contribution in [1.82, 2.24) is 19.2 Å². The van der Waals surface area contributed by atoms with Gasteiger partial charge in [-0.15, -0.1) is 6.58 Å². The normalized spacial score (nSPS) is 15.9. The standard InChI is InChI=1S/C23H32N4O2S/c1-6-13-26-20(17-7-9-19(10-8-17)23(2,3)4)24-27(22(26)30)16-25-14-11-18(12-15-25)21(28)29-5/h6-10,18H,1,11-16H2,2-5H3. The van der Waals surface area contributed by atoms with E-state index < -0.39 is 0 Å². The first-order chi connectivity index (χ1) is 14.2. The number of nitrogens with zero attached hydrogens (tertiary/aromatic N) is 4. The van der Waals surface area contributed by atoms with Crippen molar-refractivity contribution < 1.29 is 9.53 Å². The number of piperidine rings is 1. The molecule has 1 saturated heterocycles. The van der Waals surface area contributed by atoms with Crippen LogP contribution in [0.2, 0.25) is 0 Å². The van der Waals surface area contributed by atoms with Gasteiger partial charge in [0.25, 0.3) is 0 Å². The minimum Gasteiger partial charge on any atom is -0.469 e. The fraction of sp³-hybridized carbons (Fsp3) is 0.522. The summed E-state index contributed by atoms with van der Waals surface area (Å²) < 4.78 is 9.47. The Hall–Kier alpha value is -2.25. The van der Waals surface area contributed by atoms with Gasteiger partial charge in [-0.05, 0) is 36.0 Å². The molecule has 0 radical (unpaired) electrons. The Bertz CT molecular complexity index is 945. The van der Waals surface area contributed by atoms with Gasteiger partial charge in [-0.1, -0.05) is 51.1 Å². The van der Waals surface area contributed by atoms with Crippen molar-refractivity contribution in [2.24, 2.45) is 5.92 Å². The SMILES string of the molecule is C=CCn1c(-c2ccc(C(C)(C)C)cc2)nn(CN2CCC(C(=O)OC)CC2)c1=S. The van der Waals surface area contributed by atoms with E-state index in [4.69, 9.17) is 22.1 Å². The number of allylic oxidation sites excluding steroid dienone is 1. The maximum Gasteiger partial charge on any atom is 0.308 e. The van der Waals surface area contributed by atoms with Crippen LogP contribution < -0.4 is 0 Å². The second kappa shape index (κ2) is 9.27. The monoisotopic (exact) mass is 428 g/mol. The lowest BCUT2D eigenvalue weighted by atomic mass is 9.87. The number of aromatic nitrogens is 3. The summed E-state index contributed by atoms with van der Waals surface area (Å²) in [6.45, 7) is 13.4. The molecule has 0 saturated carbocycles. The predicted octanol–water partition coefficient (Wildman–Crippen LogP) is 4.41. The highest BCUT2D eigenvalue weighted by molar-refractivity contribution is 7.71. The number of hydrogen-bond acceptors (Lipinski definition) is 5. The van der Waals surface area contributed by atoms with E-state index in [1.807, 2.05) is 15.3 Å². The number of likely N-dealkylation sites (tertiary alicyclic amines) is 1. The number of esters is 1. The van der Waals surface area contributed by atoms with Crippen molar-refractivity contribution in [2.75, 3.05) is 20.2 Å². The summed E-state index contributed by atoms with van der Waals surface area (Å²) in [6.07, 6.45) is 3.44. The molecular weight excluding hydrogens is 396 g/mol. The van der Waals surface area contributed by atoms with Gasteiger partial charge in [0, 0.05) is 25.2 Å². The molecule has 6 nitrogen and oxygen atoms in total. The van der Waals surface area contributed by atoms with Crippen molar-refractivity contribution in [1.29, 1.82) is 0 Å². The number of carbonyl (C=O) groups excluding carboxylic acids is 1. The van der Waals surface area contributed by atoms with Crippen LogP contribution >= 0.6 is 12.2 Å². The molecule has 0 aliphatic carbocycles. The highest BCUT2D eigenvalue weighted by atomic mass is 32.1. The molecule has 1 aromatic heterocycles. The smallest absolute Gasteiger partial charge is 0.308 e. The largest absolute Gasteiger partial charge is 0.469 e. The van der Waals surface area contributed by atoms with Crippen LogP contribution in [-0.2, 0) is 28.2 Å². The Balaban J connectivity index is 1.82. The molecule has 7 heteroatoms. The number of rotatable bonds is 6. The molecule has 1 aliphatic heterocycles. The Morgan fingerprint density at radius 3 is 2.43 bits per heavy atom. The summed E-state index contributed by atoms with van der Waals surface area (Å²) in [5, 5.41) is 4.85. The number of methoxy groups -OCH3 is 1. The van der Waals surface area contributed by atoms with E-state index in [-0.39, 0.29) is 17.3 Å². The Kier molecular flexibility index (Phi) is 6.93. The van der Waals surface area contributed by atoms with E-state index in [0.29, 0.717) is 18.0 Å². The summed E-state index contributed by atoms with van der Waals surface area (Å²) >= 11 is 5.73. The van der Waals surface area contributed by atoms with Crippen molar-refractivity contribution in [2.45, 2.75) is 52.2 Å². The molecule has 3 rings (SSSR count). The topological polar surface area (TPSA) is 52.3 Å². The fourth-order valence-electron chi connectivity index (χ4n) is 3.83. The maximum atomic E-state index is 11.8. The molecule has 162 valence electrons. The van der Waals surface area contributed by atoms with Gasteiger partial charge in [-0.25, -0.2) is 4.68 Å². The number of carbonyl (C=O) groups is 1. The van der Waals surface area contributed by atoms with E-state index in [0.717, 1.165) is 37.3 Å². The second-order valence-corrected chi connectivity index (χ2v) is 9.25. The summed E-state index contributed by atoms with van der Waals surface area (Å²) in [6, 6.07) is 8.55. The van der Waals surface area contributed by atoms with Crippen molar-refractivity contribution in [3.8, 4) is 11.4 Å². The Morgan fingerprint density at radius 2 is 1.90 bits per heavy atom. The molecule has 0 spiro atoms. The van der Waals surface area contributed by atoms with Gasteiger partial charge in [0.05, 0.1) is 19.7 Å². The second-order valence-electron chi connectivity index (χ2n) is 8.89. The van der Waals surface area contributed by atoms with E-state index >= 15 is 0 Å². The van der Waals surface area contributed by atoms with Crippen LogP contribution in [0.1, 0.15) is 39.2 Å². The summed E-state index contributed by atoms with van der Waals surface area (Å²) in [5.74, 6) is 0.738. The first kappa shape index (κ1) is 22.4. The van der Waals surface area contributed by atoms with Crippen LogP contribution in [0, 0.1) is 10.7 Å². The predicted molar refractivity (Wildman–Crippen MR) is 122 cm³/mol. The van der Waals surface area contributed by atoms with Crippen LogP contribution in [0.5, 0.6) is 0 Å². The molecule has 1 fully saturated rings. The molecule has 0 bridgehead atoms. The zero-order valence-electron chi connectivity index (χ0n) is 18.4. The van der Waals surface area contributed by atoms with Crippen LogP contribution in [0.3, 0.4) is 0 Å². The quantitative estimate of drug-likeness (QED) is 0.388. The van der Waals surface area contributed by atoms with Crippen LogP contribution in [-0.4, -0.2) is 45.4 Å². The van der Waals surface area contributed by atoms with E-state index in [1.54, 1.807) is 0 Å². The lowest BCUT2D eigenvalue weighted by molar-refractivity contribution is -0.147. The maximum absolute atomic E-state index is 11.8. The summed E-state index contributed by atoms with van der Waals surface area (Å²) in [4.78, 5) is 14.0. The average molecular weight is 429 g/mol. The highest BCUT2D eigenvalue weighted by Gasteiger charge is 2.26. The minimum atomic E-state index is -0.109.